The van der Waals surface area contributed by atoms with Gasteiger partial charge in [0.05, 0.1) is 13.0 Å². The zero-order chi connectivity index (χ0) is 21.0. The number of carboxylic acids is 1. The Morgan fingerprint density at radius 2 is 1.72 bits per heavy atom. The predicted octanol–water partition coefficient (Wildman–Crippen LogP) is 4.35. The van der Waals surface area contributed by atoms with E-state index in [1.54, 1.807) is 9.47 Å². The highest BCUT2D eigenvalue weighted by molar-refractivity contribution is 6.03. The number of carbonyl (C=O) groups is 2. The molecular weight excluding hydrogens is 368 g/mol. The summed E-state index contributed by atoms with van der Waals surface area (Å²) in [6.45, 7) is 7.32. The van der Waals surface area contributed by atoms with Crippen molar-refractivity contribution >= 4 is 28.5 Å². The zero-order valence-electron chi connectivity index (χ0n) is 17.0. The fourth-order valence-corrected chi connectivity index (χ4v) is 3.77. The molecule has 6 nitrogen and oxygen atoms in total. The van der Waals surface area contributed by atoms with E-state index in [1.165, 1.54) is 0 Å². The van der Waals surface area contributed by atoms with Gasteiger partial charge in [-0.3, -0.25) is 4.79 Å². The highest BCUT2D eigenvalue weighted by Gasteiger charge is 2.25. The van der Waals surface area contributed by atoms with Crippen LogP contribution in [-0.2, 0) is 17.8 Å². The highest BCUT2D eigenvalue weighted by atomic mass is 16.5. The first-order valence-corrected chi connectivity index (χ1v) is 9.88. The molecule has 1 N–H and O–H groups in total. The molecule has 1 amide bonds. The molecule has 0 aliphatic carbocycles. The van der Waals surface area contributed by atoms with Crippen molar-refractivity contribution in [3.63, 3.8) is 0 Å². The van der Waals surface area contributed by atoms with E-state index in [0.29, 0.717) is 25.3 Å². The van der Waals surface area contributed by atoms with E-state index in [4.69, 9.17) is 4.74 Å². The summed E-state index contributed by atoms with van der Waals surface area (Å²) in [6.07, 6.45) is 0.0240. The summed E-state index contributed by atoms with van der Waals surface area (Å²) in [5, 5.41) is 10.6. The number of carboxylic acid groups (broad SMARTS) is 1. The van der Waals surface area contributed by atoms with Gasteiger partial charge in [0.1, 0.15) is 11.4 Å². The number of para-hydroxylation sites is 1. The maximum Gasteiger partial charge on any atom is 0.352 e. The molecule has 0 aliphatic rings. The van der Waals surface area contributed by atoms with E-state index in [1.807, 2.05) is 69.3 Å². The molecule has 0 unspecified atom stereocenters. The summed E-state index contributed by atoms with van der Waals surface area (Å²) in [7, 11) is 0. The monoisotopic (exact) mass is 394 g/mol. The number of anilines is 1. The molecule has 2 aromatic carbocycles. The van der Waals surface area contributed by atoms with Crippen molar-refractivity contribution in [3.8, 4) is 5.75 Å². The topological polar surface area (TPSA) is 71.8 Å². The molecule has 1 aromatic heterocycles. The number of hydrogen-bond donors (Lipinski definition) is 1. The smallest absolute Gasteiger partial charge is 0.352 e. The van der Waals surface area contributed by atoms with Crippen LogP contribution in [0, 0.1) is 0 Å². The third-order valence-corrected chi connectivity index (χ3v) is 5.00. The number of aromatic carboxylic acids is 1. The van der Waals surface area contributed by atoms with E-state index >= 15 is 0 Å². The van der Waals surface area contributed by atoms with Gasteiger partial charge in [0.15, 0.2) is 0 Å². The van der Waals surface area contributed by atoms with Gasteiger partial charge < -0.3 is 19.3 Å². The minimum atomic E-state index is -1.02. The van der Waals surface area contributed by atoms with Crippen LogP contribution in [0.2, 0.25) is 0 Å². The lowest BCUT2D eigenvalue weighted by Crippen LogP contribution is -2.32. The highest BCUT2D eigenvalue weighted by Crippen LogP contribution is 2.28. The maximum atomic E-state index is 13.2. The van der Waals surface area contributed by atoms with Crippen LogP contribution < -0.4 is 9.64 Å². The number of carbonyl (C=O) groups excluding carboxylic acids is 1. The van der Waals surface area contributed by atoms with Gasteiger partial charge in [-0.2, -0.15) is 0 Å². The van der Waals surface area contributed by atoms with Crippen LogP contribution in [0.4, 0.5) is 5.69 Å². The second-order valence-corrected chi connectivity index (χ2v) is 6.64. The summed E-state index contributed by atoms with van der Waals surface area (Å²) in [5.74, 6) is -0.410. The summed E-state index contributed by atoms with van der Waals surface area (Å²) in [6, 6.07) is 14.9. The number of likely N-dealkylation sites (N-methyl/N-ethyl adjacent to an activating group) is 1. The molecule has 3 aromatic rings. The number of benzene rings is 2. The lowest BCUT2D eigenvalue weighted by Gasteiger charge is -2.21. The number of nitrogens with zero attached hydrogens (tertiary/aromatic N) is 2. The largest absolute Gasteiger partial charge is 0.494 e. The Morgan fingerprint density at radius 1 is 1.03 bits per heavy atom. The van der Waals surface area contributed by atoms with Gasteiger partial charge in [0, 0.05) is 35.2 Å². The van der Waals surface area contributed by atoms with Gasteiger partial charge in [-0.05, 0) is 51.1 Å². The zero-order valence-corrected chi connectivity index (χ0v) is 17.0. The number of amides is 1. The average Bonchev–Trinajstić information content (AvgIpc) is 3.04. The number of aromatic nitrogens is 1. The van der Waals surface area contributed by atoms with Crippen LogP contribution in [0.3, 0.4) is 0 Å². The van der Waals surface area contributed by atoms with Crippen LogP contribution in [0.15, 0.2) is 48.5 Å². The molecule has 29 heavy (non-hydrogen) atoms. The molecule has 0 saturated heterocycles. The second kappa shape index (κ2) is 8.82. The van der Waals surface area contributed by atoms with Gasteiger partial charge in [-0.15, -0.1) is 0 Å². The van der Waals surface area contributed by atoms with Gasteiger partial charge in [-0.1, -0.05) is 18.2 Å². The van der Waals surface area contributed by atoms with E-state index in [0.717, 1.165) is 22.3 Å². The van der Waals surface area contributed by atoms with E-state index in [9.17, 15) is 14.7 Å². The van der Waals surface area contributed by atoms with Crippen molar-refractivity contribution in [2.75, 3.05) is 18.1 Å². The molecule has 6 heteroatoms. The normalized spacial score (nSPS) is 10.9. The molecule has 3 rings (SSSR count). The lowest BCUT2D eigenvalue weighted by molar-refractivity contribution is -0.117. The lowest BCUT2D eigenvalue weighted by atomic mass is 10.1. The summed E-state index contributed by atoms with van der Waals surface area (Å²) in [4.78, 5) is 26.8. The molecule has 0 radical (unpaired) electrons. The van der Waals surface area contributed by atoms with Crippen molar-refractivity contribution in [2.45, 2.75) is 33.7 Å². The first kappa shape index (κ1) is 20.5. The quantitative estimate of drug-likeness (QED) is 0.616. The van der Waals surface area contributed by atoms with Crippen molar-refractivity contribution in [1.82, 2.24) is 4.57 Å². The maximum absolute atomic E-state index is 13.2. The average molecular weight is 394 g/mol. The van der Waals surface area contributed by atoms with Crippen LogP contribution >= 0.6 is 0 Å². The molecule has 0 bridgehead atoms. The van der Waals surface area contributed by atoms with E-state index in [2.05, 4.69) is 0 Å². The number of aryl methyl sites for hydroxylation is 1. The Bertz CT molecular complexity index is 1020. The molecule has 1 heterocycles. The minimum absolute atomic E-state index is 0.0240. The van der Waals surface area contributed by atoms with Gasteiger partial charge in [0.2, 0.25) is 5.91 Å². The van der Waals surface area contributed by atoms with Crippen molar-refractivity contribution in [1.29, 1.82) is 0 Å². The third-order valence-electron chi connectivity index (χ3n) is 5.00. The van der Waals surface area contributed by atoms with Gasteiger partial charge in [-0.25, -0.2) is 4.79 Å². The number of fused-ring (bicyclic) bond motifs is 1. The molecule has 0 spiro atoms. The first-order chi connectivity index (χ1) is 14.0. The van der Waals surface area contributed by atoms with E-state index in [-0.39, 0.29) is 18.0 Å². The standard InChI is InChI=1S/C23H26N2O4/c1-4-24(16-11-13-17(14-12-16)29-6-3)21(26)15-19-18-9-7-8-10-20(18)25(5-2)22(19)23(27)28/h7-14H,4-6,15H2,1-3H3,(H,27,28). The molecule has 0 fully saturated rings. The molecule has 0 saturated carbocycles. The van der Waals surface area contributed by atoms with Crippen LogP contribution in [0.1, 0.15) is 36.8 Å². The number of hydrogen-bond acceptors (Lipinski definition) is 3. The Morgan fingerprint density at radius 3 is 2.31 bits per heavy atom. The van der Waals surface area contributed by atoms with Crippen molar-refractivity contribution in [2.24, 2.45) is 0 Å². The Balaban J connectivity index is 1.98. The van der Waals surface area contributed by atoms with Crippen molar-refractivity contribution < 1.29 is 19.4 Å². The Labute approximate surface area is 170 Å². The summed E-state index contributed by atoms with van der Waals surface area (Å²) >= 11 is 0. The fourth-order valence-electron chi connectivity index (χ4n) is 3.77. The first-order valence-electron chi connectivity index (χ1n) is 9.88. The Kier molecular flexibility index (Phi) is 6.22. The van der Waals surface area contributed by atoms with Crippen LogP contribution in [0.5, 0.6) is 5.75 Å². The Hall–Kier alpha value is -3.28. The van der Waals surface area contributed by atoms with Crippen molar-refractivity contribution in [3.05, 3.63) is 59.8 Å². The van der Waals surface area contributed by atoms with Gasteiger partial charge in [0.25, 0.3) is 0 Å². The molecule has 0 aliphatic heterocycles. The predicted molar refractivity (Wildman–Crippen MR) is 114 cm³/mol. The molecule has 152 valence electrons. The van der Waals surface area contributed by atoms with Gasteiger partial charge >= 0.3 is 5.97 Å². The SMILES string of the molecule is CCOc1ccc(N(CC)C(=O)Cc2c(C(=O)O)n(CC)c3ccccc23)cc1. The van der Waals surface area contributed by atoms with E-state index < -0.39 is 5.97 Å². The molecular formula is C23H26N2O4. The van der Waals surface area contributed by atoms with Crippen LogP contribution in [-0.4, -0.2) is 34.7 Å². The number of rotatable bonds is 8. The molecule has 0 atom stereocenters. The minimum Gasteiger partial charge on any atom is -0.494 e. The summed E-state index contributed by atoms with van der Waals surface area (Å²) in [5.41, 5.74) is 2.34. The number of ether oxygens (including phenoxy) is 1. The summed E-state index contributed by atoms with van der Waals surface area (Å²) < 4.78 is 7.22. The third kappa shape index (κ3) is 3.97. The van der Waals surface area contributed by atoms with Crippen LogP contribution in [0.25, 0.3) is 10.9 Å². The fraction of sp³-hybridized carbons (Fsp3) is 0.304. The second-order valence-electron chi connectivity index (χ2n) is 6.64.